The first-order valence-electron chi connectivity index (χ1n) is 5.15. The molecule has 0 aliphatic rings. The Morgan fingerprint density at radius 1 is 1.47 bits per heavy atom. The average Bonchev–Trinajstić information content (AvgIpc) is 2.29. The molecule has 0 aliphatic heterocycles. The molecule has 1 rings (SSSR count). The minimum absolute atomic E-state index is 0.194. The molecular weight excluding hydrogens is 192 g/mol. The summed E-state index contributed by atoms with van der Waals surface area (Å²) in [6.07, 6.45) is 2.27. The minimum Gasteiger partial charge on any atom is -0.396 e. The molecule has 0 saturated heterocycles. The first-order chi connectivity index (χ1) is 7.27. The maximum atomic E-state index is 8.64. The van der Waals surface area contributed by atoms with E-state index in [0.717, 1.165) is 31.1 Å². The SMILES string of the molecule is CCN(C)c1cc(NCCCO)ncn1. The Balaban J connectivity index is 2.57. The van der Waals surface area contributed by atoms with Crippen molar-refractivity contribution in [3.8, 4) is 0 Å². The van der Waals surface area contributed by atoms with Crippen molar-refractivity contribution in [2.45, 2.75) is 13.3 Å². The molecule has 0 fully saturated rings. The van der Waals surface area contributed by atoms with E-state index in [1.165, 1.54) is 0 Å². The number of rotatable bonds is 6. The third-order valence-corrected chi connectivity index (χ3v) is 2.16. The van der Waals surface area contributed by atoms with Gasteiger partial charge in [0.25, 0.3) is 0 Å². The molecule has 0 atom stereocenters. The monoisotopic (exact) mass is 210 g/mol. The van der Waals surface area contributed by atoms with Crippen molar-refractivity contribution in [1.29, 1.82) is 0 Å². The van der Waals surface area contributed by atoms with Crippen LogP contribution in [0, 0.1) is 0 Å². The maximum Gasteiger partial charge on any atom is 0.133 e. The smallest absolute Gasteiger partial charge is 0.133 e. The zero-order valence-corrected chi connectivity index (χ0v) is 9.27. The van der Waals surface area contributed by atoms with Crippen molar-refractivity contribution in [1.82, 2.24) is 9.97 Å². The second kappa shape index (κ2) is 6.19. The van der Waals surface area contributed by atoms with Crippen LogP contribution in [-0.2, 0) is 0 Å². The lowest BCUT2D eigenvalue weighted by atomic mass is 10.4. The number of nitrogens with zero attached hydrogens (tertiary/aromatic N) is 3. The third kappa shape index (κ3) is 3.71. The molecule has 84 valence electrons. The van der Waals surface area contributed by atoms with E-state index in [4.69, 9.17) is 5.11 Å². The quantitative estimate of drug-likeness (QED) is 0.678. The molecular formula is C10H18N4O. The van der Waals surface area contributed by atoms with E-state index >= 15 is 0 Å². The number of anilines is 2. The number of aliphatic hydroxyl groups excluding tert-OH is 1. The van der Waals surface area contributed by atoms with Crippen molar-refractivity contribution in [3.63, 3.8) is 0 Å². The highest BCUT2D eigenvalue weighted by Crippen LogP contribution is 2.11. The van der Waals surface area contributed by atoms with E-state index in [0.29, 0.717) is 0 Å². The van der Waals surface area contributed by atoms with E-state index in [1.54, 1.807) is 6.33 Å². The molecule has 0 radical (unpaired) electrons. The highest BCUT2D eigenvalue weighted by Gasteiger charge is 2.01. The summed E-state index contributed by atoms with van der Waals surface area (Å²) in [5.74, 6) is 1.70. The Hall–Kier alpha value is -1.36. The Morgan fingerprint density at radius 3 is 2.93 bits per heavy atom. The van der Waals surface area contributed by atoms with Gasteiger partial charge in [0.1, 0.15) is 18.0 Å². The molecule has 1 heterocycles. The summed E-state index contributed by atoms with van der Waals surface area (Å²) in [5.41, 5.74) is 0. The molecule has 5 heteroatoms. The van der Waals surface area contributed by atoms with Gasteiger partial charge >= 0.3 is 0 Å². The van der Waals surface area contributed by atoms with Gasteiger partial charge < -0.3 is 15.3 Å². The lowest BCUT2D eigenvalue weighted by Crippen LogP contribution is -2.17. The van der Waals surface area contributed by atoms with Gasteiger partial charge in [0.15, 0.2) is 0 Å². The molecule has 0 spiro atoms. The van der Waals surface area contributed by atoms with Gasteiger partial charge in [0.2, 0.25) is 0 Å². The van der Waals surface area contributed by atoms with Crippen LogP contribution in [0.15, 0.2) is 12.4 Å². The van der Waals surface area contributed by atoms with E-state index < -0.39 is 0 Å². The fourth-order valence-electron chi connectivity index (χ4n) is 1.11. The standard InChI is InChI=1S/C10H18N4O/c1-3-14(2)10-7-9(12-8-13-10)11-5-4-6-15/h7-8,15H,3-6H2,1-2H3,(H,11,12,13). The summed E-state index contributed by atoms with van der Waals surface area (Å²) >= 11 is 0. The van der Waals surface area contributed by atoms with Crippen molar-refractivity contribution < 1.29 is 5.11 Å². The lowest BCUT2D eigenvalue weighted by molar-refractivity contribution is 0.292. The number of aromatic nitrogens is 2. The predicted octanol–water partition coefficient (Wildman–Crippen LogP) is 0.727. The molecule has 0 bridgehead atoms. The van der Waals surface area contributed by atoms with Gasteiger partial charge in [-0.05, 0) is 13.3 Å². The Morgan fingerprint density at radius 2 is 2.27 bits per heavy atom. The second-order valence-corrected chi connectivity index (χ2v) is 3.28. The van der Waals surface area contributed by atoms with Crippen LogP contribution in [0.4, 0.5) is 11.6 Å². The topological polar surface area (TPSA) is 61.3 Å². The zero-order chi connectivity index (χ0) is 11.1. The fourth-order valence-corrected chi connectivity index (χ4v) is 1.11. The number of hydrogen-bond donors (Lipinski definition) is 2. The largest absolute Gasteiger partial charge is 0.396 e. The maximum absolute atomic E-state index is 8.64. The summed E-state index contributed by atoms with van der Waals surface area (Å²) in [6, 6.07) is 1.90. The van der Waals surface area contributed by atoms with Crippen molar-refractivity contribution in [3.05, 3.63) is 12.4 Å². The molecule has 0 amide bonds. The van der Waals surface area contributed by atoms with Gasteiger partial charge in [-0.3, -0.25) is 0 Å². The average molecular weight is 210 g/mol. The Kier molecular flexibility index (Phi) is 4.83. The van der Waals surface area contributed by atoms with E-state index in [2.05, 4.69) is 22.2 Å². The molecule has 15 heavy (non-hydrogen) atoms. The highest BCUT2D eigenvalue weighted by atomic mass is 16.3. The van der Waals surface area contributed by atoms with E-state index in [9.17, 15) is 0 Å². The summed E-state index contributed by atoms with van der Waals surface area (Å²) in [5, 5.41) is 11.8. The molecule has 0 saturated carbocycles. The van der Waals surface area contributed by atoms with Crippen LogP contribution in [-0.4, -0.2) is 41.8 Å². The van der Waals surface area contributed by atoms with E-state index in [-0.39, 0.29) is 6.61 Å². The minimum atomic E-state index is 0.194. The number of hydrogen-bond acceptors (Lipinski definition) is 5. The highest BCUT2D eigenvalue weighted by molar-refractivity contribution is 5.47. The van der Waals surface area contributed by atoms with Crippen LogP contribution in [0.25, 0.3) is 0 Å². The Bertz CT molecular complexity index is 293. The molecule has 5 nitrogen and oxygen atoms in total. The van der Waals surface area contributed by atoms with Gasteiger partial charge in [0.05, 0.1) is 0 Å². The van der Waals surface area contributed by atoms with Crippen molar-refractivity contribution >= 4 is 11.6 Å². The molecule has 1 aromatic rings. The van der Waals surface area contributed by atoms with Crippen LogP contribution in [0.5, 0.6) is 0 Å². The molecule has 0 unspecified atom stereocenters. The fraction of sp³-hybridized carbons (Fsp3) is 0.600. The Labute approximate surface area is 90.2 Å². The molecule has 1 aromatic heterocycles. The number of aliphatic hydroxyl groups is 1. The first-order valence-corrected chi connectivity index (χ1v) is 5.15. The lowest BCUT2D eigenvalue weighted by Gasteiger charge is -2.15. The summed E-state index contributed by atoms with van der Waals surface area (Å²) in [4.78, 5) is 10.3. The van der Waals surface area contributed by atoms with Crippen LogP contribution >= 0.6 is 0 Å². The molecule has 0 aromatic carbocycles. The zero-order valence-electron chi connectivity index (χ0n) is 9.27. The van der Waals surface area contributed by atoms with E-state index in [1.807, 2.05) is 18.0 Å². The van der Waals surface area contributed by atoms with Gasteiger partial charge in [-0.15, -0.1) is 0 Å². The summed E-state index contributed by atoms with van der Waals surface area (Å²) < 4.78 is 0. The predicted molar refractivity (Wildman–Crippen MR) is 61.2 cm³/mol. The molecule has 2 N–H and O–H groups in total. The van der Waals surface area contributed by atoms with Crippen molar-refractivity contribution in [2.24, 2.45) is 0 Å². The van der Waals surface area contributed by atoms with Gasteiger partial charge in [0, 0.05) is 32.8 Å². The molecule has 0 aliphatic carbocycles. The van der Waals surface area contributed by atoms with Gasteiger partial charge in [-0.25, -0.2) is 9.97 Å². The second-order valence-electron chi connectivity index (χ2n) is 3.28. The third-order valence-electron chi connectivity index (χ3n) is 2.16. The normalized spacial score (nSPS) is 10.1. The van der Waals surface area contributed by atoms with Crippen LogP contribution in [0.2, 0.25) is 0 Å². The number of nitrogens with one attached hydrogen (secondary N) is 1. The summed E-state index contributed by atoms with van der Waals surface area (Å²) in [7, 11) is 1.99. The first kappa shape index (κ1) is 11.7. The van der Waals surface area contributed by atoms with Crippen molar-refractivity contribution in [2.75, 3.05) is 37.0 Å². The van der Waals surface area contributed by atoms with Gasteiger partial charge in [-0.1, -0.05) is 0 Å². The van der Waals surface area contributed by atoms with Crippen LogP contribution in [0.3, 0.4) is 0 Å². The summed E-state index contributed by atoms with van der Waals surface area (Å²) in [6.45, 7) is 3.90. The van der Waals surface area contributed by atoms with Crippen LogP contribution < -0.4 is 10.2 Å². The van der Waals surface area contributed by atoms with Crippen LogP contribution in [0.1, 0.15) is 13.3 Å². The van der Waals surface area contributed by atoms with Gasteiger partial charge in [-0.2, -0.15) is 0 Å².